The van der Waals surface area contributed by atoms with Gasteiger partial charge in [0.2, 0.25) is 0 Å². The molecule has 2 spiro atoms. The smallest absolute Gasteiger partial charge is 0.338 e. The van der Waals surface area contributed by atoms with E-state index in [0.717, 1.165) is 44.3 Å². The normalized spacial score (nSPS) is 52.5. The lowest BCUT2D eigenvalue weighted by molar-refractivity contribution is -0.218. The summed E-state index contributed by atoms with van der Waals surface area (Å²) in [5, 5.41) is 23.0. The summed E-state index contributed by atoms with van der Waals surface area (Å²) in [7, 11) is 0. The van der Waals surface area contributed by atoms with Gasteiger partial charge in [0.15, 0.2) is 0 Å². The van der Waals surface area contributed by atoms with Gasteiger partial charge < -0.3 is 14.9 Å². The number of benzene rings is 1. The first-order chi connectivity index (χ1) is 16.3. The van der Waals surface area contributed by atoms with E-state index in [2.05, 4.69) is 25.3 Å². The lowest BCUT2D eigenvalue weighted by atomic mass is 9.43. The summed E-state index contributed by atoms with van der Waals surface area (Å²) in [4.78, 5) is 16.0. The number of carbonyl (C=O) groups excluding carboxylic acids is 1. The molecule has 5 saturated carbocycles. The highest BCUT2D eigenvalue weighted by Gasteiger charge is 2.85. The molecule has 2 N–H and O–H groups in total. The zero-order chi connectivity index (χ0) is 23.6. The standard InChI is InChI=1S/C29H37NO4/c1-4-30-15-27(3)11-10-23(34-26(33)17-8-6-5-7-9-17)29-21(27)12-19(24(29)30)28-14-18(16(2)25(28)32)20(31)13-22(28)29/h5-9,18-25,31-32H,2,4,10-15H2,1,3H3/t18-,19+,20-,21+,22+,23-,24?,25+,27-,28-,29-/m0/s1. The minimum Gasteiger partial charge on any atom is -0.458 e. The maximum Gasteiger partial charge on any atom is 0.338 e. The molecule has 182 valence electrons. The van der Waals surface area contributed by atoms with Crippen molar-refractivity contribution < 1.29 is 19.7 Å². The molecule has 5 aliphatic carbocycles. The number of likely N-dealkylation sites (tertiary alicyclic amines) is 1. The van der Waals surface area contributed by atoms with Crippen LogP contribution in [0.2, 0.25) is 0 Å². The van der Waals surface area contributed by atoms with Crippen molar-refractivity contribution in [3.63, 3.8) is 0 Å². The number of hydrogen-bond acceptors (Lipinski definition) is 5. The Morgan fingerprint density at radius 2 is 1.97 bits per heavy atom. The Bertz CT molecular complexity index is 1060. The van der Waals surface area contributed by atoms with Crippen LogP contribution in [-0.4, -0.2) is 58.5 Å². The number of ether oxygens (including phenoxy) is 1. The average Bonchev–Trinajstić information content (AvgIpc) is 3.36. The van der Waals surface area contributed by atoms with Gasteiger partial charge in [0.05, 0.1) is 17.8 Å². The highest BCUT2D eigenvalue weighted by molar-refractivity contribution is 5.89. The molecule has 5 nitrogen and oxygen atoms in total. The second-order valence-electron chi connectivity index (χ2n) is 12.6. The molecule has 0 radical (unpaired) electrons. The summed E-state index contributed by atoms with van der Waals surface area (Å²) >= 11 is 0. The van der Waals surface area contributed by atoms with Gasteiger partial charge in [-0.25, -0.2) is 4.79 Å². The predicted molar refractivity (Wildman–Crippen MR) is 128 cm³/mol. The van der Waals surface area contributed by atoms with Crippen LogP contribution in [-0.2, 0) is 4.74 Å². The number of esters is 1. The molecule has 1 aromatic carbocycles. The summed E-state index contributed by atoms with van der Waals surface area (Å²) in [6.07, 6.45) is 3.34. The molecule has 34 heavy (non-hydrogen) atoms. The molecule has 6 fully saturated rings. The van der Waals surface area contributed by atoms with E-state index in [4.69, 9.17) is 4.74 Å². The van der Waals surface area contributed by atoms with Gasteiger partial charge >= 0.3 is 5.97 Å². The molecule has 11 atom stereocenters. The minimum absolute atomic E-state index is 0.00257. The van der Waals surface area contributed by atoms with Crippen molar-refractivity contribution in [2.45, 2.75) is 70.3 Å². The molecule has 1 aliphatic heterocycles. The number of rotatable bonds is 3. The molecule has 7 bridgehead atoms. The van der Waals surface area contributed by atoms with Crippen LogP contribution in [0.3, 0.4) is 0 Å². The second-order valence-corrected chi connectivity index (χ2v) is 12.6. The van der Waals surface area contributed by atoms with Crippen molar-refractivity contribution in [2.24, 2.45) is 39.9 Å². The molecule has 0 aromatic heterocycles. The molecule has 7 rings (SSSR count). The quantitative estimate of drug-likeness (QED) is 0.529. The maximum atomic E-state index is 13.4. The molecular weight excluding hydrogens is 426 g/mol. The minimum atomic E-state index is -0.567. The van der Waals surface area contributed by atoms with Crippen molar-refractivity contribution in [3.8, 4) is 0 Å². The lowest BCUT2D eigenvalue weighted by Gasteiger charge is -2.65. The Hall–Kier alpha value is -1.69. The van der Waals surface area contributed by atoms with E-state index in [0.29, 0.717) is 29.9 Å². The summed E-state index contributed by atoms with van der Waals surface area (Å²) in [5.74, 6) is 0.735. The number of nitrogens with zero attached hydrogens (tertiary/aromatic N) is 1. The third-order valence-corrected chi connectivity index (χ3v) is 11.8. The number of aliphatic hydroxyl groups is 2. The Morgan fingerprint density at radius 1 is 1.21 bits per heavy atom. The Kier molecular flexibility index (Phi) is 4.28. The Morgan fingerprint density at radius 3 is 2.71 bits per heavy atom. The first kappa shape index (κ1) is 21.6. The molecule has 1 aromatic rings. The van der Waals surface area contributed by atoms with Crippen molar-refractivity contribution >= 4 is 5.97 Å². The van der Waals surface area contributed by atoms with Crippen LogP contribution >= 0.6 is 0 Å². The highest BCUT2D eigenvalue weighted by Crippen LogP contribution is 2.83. The van der Waals surface area contributed by atoms with E-state index in [1.54, 1.807) is 0 Å². The molecule has 1 saturated heterocycles. The van der Waals surface area contributed by atoms with Crippen LogP contribution in [0.5, 0.6) is 0 Å². The van der Waals surface area contributed by atoms with E-state index >= 15 is 0 Å². The third kappa shape index (κ3) is 2.22. The van der Waals surface area contributed by atoms with E-state index in [1.807, 2.05) is 30.3 Å². The summed E-state index contributed by atoms with van der Waals surface area (Å²) in [6, 6.07) is 9.64. The fourth-order valence-electron chi connectivity index (χ4n) is 10.9. The number of hydrogen-bond donors (Lipinski definition) is 2. The average molecular weight is 464 g/mol. The van der Waals surface area contributed by atoms with Gasteiger partial charge in [-0.1, -0.05) is 38.6 Å². The Labute approximate surface area is 202 Å². The van der Waals surface area contributed by atoms with Crippen molar-refractivity contribution in [3.05, 3.63) is 48.0 Å². The van der Waals surface area contributed by atoms with Gasteiger partial charge in [-0.15, -0.1) is 0 Å². The van der Waals surface area contributed by atoms with Crippen LogP contribution in [0.25, 0.3) is 0 Å². The van der Waals surface area contributed by atoms with E-state index in [-0.39, 0.29) is 40.2 Å². The first-order valence-electron chi connectivity index (χ1n) is 13.3. The lowest BCUT2D eigenvalue weighted by Crippen LogP contribution is -2.69. The van der Waals surface area contributed by atoms with Crippen LogP contribution in [0, 0.1) is 39.9 Å². The van der Waals surface area contributed by atoms with Gasteiger partial charge in [-0.2, -0.15) is 0 Å². The molecule has 1 unspecified atom stereocenters. The monoisotopic (exact) mass is 463 g/mol. The van der Waals surface area contributed by atoms with Gasteiger partial charge in [-0.3, -0.25) is 4.90 Å². The molecular formula is C29H37NO4. The number of carbonyl (C=O) groups is 1. The van der Waals surface area contributed by atoms with Crippen molar-refractivity contribution in [1.82, 2.24) is 4.90 Å². The van der Waals surface area contributed by atoms with Gasteiger partial charge in [-0.05, 0) is 79.5 Å². The predicted octanol–water partition coefficient (Wildman–Crippen LogP) is 3.66. The summed E-state index contributed by atoms with van der Waals surface area (Å²) in [6.45, 7) is 11.0. The molecule has 6 aliphatic rings. The highest BCUT2D eigenvalue weighted by atomic mass is 16.5. The first-order valence-corrected chi connectivity index (χ1v) is 13.3. The van der Waals surface area contributed by atoms with Crippen LogP contribution in [0.1, 0.15) is 56.3 Å². The Balaban J connectivity index is 1.39. The molecule has 1 heterocycles. The SMILES string of the molecule is C=C1[C@@H](O)[C@]23C[C@@H]1[C@@H](O)C[C@H]2[C@@]12C4[C@H]3C[C@@H]1[C@@](C)(CC[C@@H]2OC(=O)c1ccccc1)CN4CC. The fourth-order valence-corrected chi connectivity index (χ4v) is 10.9. The van der Waals surface area contributed by atoms with E-state index < -0.39 is 12.2 Å². The topological polar surface area (TPSA) is 70.0 Å². The van der Waals surface area contributed by atoms with E-state index in [9.17, 15) is 15.0 Å². The van der Waals surface area contributed by atoms with Gasteiger partial charge in [0.25, 0.3) is 0 Å². The van der Waals surface area contributed by atoms with Gasteiger partial charge in [0.1, 0.15) is 6.10 Å². The number of piperidine rings is 1. The zero-order valence-electron chi connectivity index (χ0n) is 20.3. The largest absolute Gasteiger partial charge is 0.458 e. The molecule has 0 amide bonds. The fraction of sp³-hybridized carbons (Fsp3) is 0.690. The zero-order valence-corrected chi connectivity index (χ0v) is 20.3. The molecule has 5 heteroatoms. The maximum absolute atomic E-state index is 13.4. The van der Waals surface area contributed by atoms with Gasteiger partial charge in [0, 0.05) is 29.3 Å². The third-order valence-electron chi connectivity index (χ3n) is 11.8. The number of fused-ring (bicyclic) bond motifs is 1. The van der Waals surface area contributed by atoms with Crippen molar-refractivity contribution in [2.75, 3.05) is 13.1 Å². The van der Waals surface area contributed by atoms with Crippen LogP contribution in [0.4, 0.5) is 0 Å². The second kappa shape index (κ2) is 6.74. The van der Waals surface area contributed by atoms with Crippen LogP contribution in [0.15, 0.2) is 42.5 Å². The van der Waals surface area contributed by atoms with E-state index in [1.165, 1.54) is 0 Å². The summed E-state index contributed by atoms with van der Waals surface area (Å²) in [5.41, 5.74) is 1.17. The summed E-state index contributed by atoms with van der Waals surface area (Å²) < 4.78 is 6.50. The van der Waals surface area contributed by atoms with Crippen LogP contribution < -0.4 is 0 Å². The van der Waals surface area contributed by atoms with Crippen molar-refractivity contribution in [1.29, 1.82) is 0 Å². The number of aliphatic hydroxyl groups excluding tert-OH is 2.